The number of unbranched alkanes of at least 4 members (excludes halogenated alkanes) is 3. The van der Waals surface area contributed by atoms with Crippen molar-refractivity contribution in [3.8, 4) is 0 Å². The molecule has 146 valence electrons. The van der Waals surface area contributed by atoms with Crippen LogP contribution in [0.2, 0.25) is 5.02 Å². The molecule has 0 nitrogen and oxygen atoms in total. The molecule has 1 aliphatic rings. The van der Waals surface area contributed by atoms with Crippen LogP contribution in [0.15, 0.2) is 48.5 Å². The lowest BCUT2D eigenvalue weighted by Crippen LogP contribution is -2.13. The van der Waals surface area contributed by atoms with Crippen LogP contribution in [0.4, 0.5) is 0 Å². The highest BCUT2D eigenvalue weighted by Gasteiger charge is 2.21. The van der Waals surface area contributed by atoms with E-state index >= 15 is 0 Å². The SMILES string of the molecule is CCCCCC[C@H]1CC[C@H](c2ccc(CCc3ccc(Cl)cc3)cc2)CC1. The standard InChI is InChI=1S/C26H35Cl/c1-2-3-4-5-6-21-9-15-24(16-10-21)25-17-11-22(12-18-25)7-8-23-13-19-26(27)20-14-23/h11-14,17-21,24H,2-10,15-16H2,1H3/t21-,24-. The fourth-order valence-electron chi connectivity index (χ4n) is 4.54. The smallest absolute Gasteiger partial charge is 0.0406 e. The zero-order valence-corrected chi connectivity index (χ0v) is 17.7. The minimum absolute atomic E-state index is 0.794. The lowest BCUT2D eigenvalue weighted by molar-refractivity contribution is 0.302. The third-order valence-corrected chi connectivity index (χ3v) is 6.63. The summed E-state index contributed by atoms with van der Waals surface area (Å²) in [4.78, 5) is 0. The van der Waals surface area contributed by atoms with Gasteiger partial charge in [-0.05, 0) is 79.2 Å². The van der Waals surface area contributed by atoms with Crippen LogP contribution in [0, 0.1) is 5.92 Å². The lowest BCUT2D eigenvalue weighted by Gasteiger charge is -2.29. The summed E-state index contributed by atoms with van der Waals surface area (Å²) >= 11 is 5.97. The molecule has 2 aromatic carbocycles. The first-order chi connectivity index (χ1) is 13.2. The van der Waals surface area contributed by atoms with Crippen LogP contribution < -0.4 is 0 Å². The van der Waals surface area contributed by atoms with Gasteiger partial charge in [0, 0.05) is 5.02 Å². The van der Waals surface area contributed by atoms with E-state index in [0.29, 0.717) is 0 Å². The Hall–Kier alpha value is -1.27. The normalized spacial score (nSPS) is 19.9. The highest BCUT2D eigenvalue weighted by atomic mass is 35.5. The second-order valence-corrected chi connectivity index (χ2v) is 8.87. The van der Waals surface area contributed by atoms with E-state index in [1.54, 1.807) is 5.56 Å². The molecule has 0 atom stereocenters. The minimum atomic E-state index is 0.794. The summed E-state index contributed by atoms with van der Waals surface area (Å²) in [7, 11) is 0. The average Bonchev–Trinajstić information content (AvgIpc) is 2.72. The Kier molecular flexibility index (Phi) is 8.27. The van der Waals surface area contributed by atoms with E-state index < -0.39 is 0 Å². The molecule has 0 heterocycles. The maximum Gasteiger partial charge on any atom is 0.0406 e. The van der Waals surface area contributed by atoms with Gasteiger partial charge in [0.15, 0.2) is 0 Å². The monoisotopic (exact) mass is 382 g/mol. The predicted octanol–water partition coefficient (Wildman–Crippen LogP) is 8.37. The molecule has 0 unspecified atom stereocenters. The van der Waals surface area contributed by atoms with Gasteiger partial charge in [-0.15, -0.1) is 0 Å². The number of hydrogen-bond donors (Lipinski definition) is 0. The molecule has 1 saturated carbocycles. The molecule has 27 heavy (non-hydrogen) atoms. The fraction of sp³-hybridized carbons (Fsp3) is 0.538. The van der Waals surface area contributed by atoms with E-state index in [4.69, 9.17) is 11.6 Å². The summed E-state index contributed by atoms with van der Waals surface area (Å²) in [5, 5.41) is 0.818. The fourth-order valence-corrected chi connectivity index (χ4v) is 4.67. The average molecular weight is 383 g/mol. The van der Waals surface area contributed by atoms with Crippen LogP contribution in [-0.4, -0.2) is 0 Å². The van der Waals surface area contributed by atoms with E-state index in [-0.39, 0.29) is 0 Å². The molecule has 1 heteroatoms. The quantitative estimate of drug-likeness (QED) is 0.382. The van der Waals surface area contributed by atoms with E-state index in [9.17, 15) is 0 Å². The summed E-state index contributed by atoms with van der Waals surface area (Å²) in [6, 6.07) is 17.7. The molecular formula is C26H35Cl. The molecule has 0 spiro atoms. The largest absolute Gasteiger partial charge is 0.0843 e. The van der Waals surface area contributed by atoms with Crippen LogP contribution in [0.1, 0.15) is 87.3 Å². The third-order valence-electron chi connectivity index (χ3n) is 6.38. The molecule has 0 aliphatic heterocycles. The molecule has 0 bridgehead atoms. The Labute approximate surface area is 171 Å². The molecule has 0 amide bonds. The van der Waals surface area contributed by atoms with Gasteiger partial charge in [0.2, 0.25) is 0 Å². The molecule has 0 aromatic heterocycles. The molecule has 0 N–H and O–H groups in total. The van der Waals surface area contributed by atoms with Crippen LogP contribution in [0.25, 0.3) is 0 Å². The highest BCUT2D eigenvalue weighted by Crippen LogP contribution is 2.37. The van der Waals surface area contributed by atoms with Crippen molar-refractivity contribution in [3.05, 3.63) is 70.2 Å². The zero-order chi connectivity index (χ0) is 18.9. The van der Waals surface area contributed by atoms with Gasteiger partial charge in [-0.1, -0.05) is 87.0 Å². The summed E-state index contributed by atoms with van der Waals surface area (Å²) in [6.45, 7) is 2.30. The Bertz CT molecular complexity index is 648. The van der Waals surface area contributed by atoms with Crippen LogP contribution in [0.3, 0.4) is 0 Å². The van der Waals surface area contributed by atoms with Crippen molar-refractivity contribution < 1.29 is 0 Å². The maximum atomic E-state index is 5.97. The van der Waals surface area contributed by atoms with Gasteiger partial charge in [-0.2, -0.15) is 0 Å². The van der Waals surface area contributed by atoms with Gasteiger partial charge in [-0.25, -0.2) is 0 Å². The maximum absolute atomic E-state index is 5.97. The number of aryl methyl sites for hydroxylation is 2. The van der Waals surface area contributed by atoms with Crippen LogP contribution >= 0.6 is 11.6 Å². The van der Waals surface area contributed by atoms with E-state index in [1.165, 1.54) is 68.9 Å². The second kappa shape index (κ2) is 10.9. The summed E-state index contributed by atoms with van der Waals surface area (Å²) in [5.74, 6) is 1.79. The highest BCUT2D eigenvalue weighted by molar-refractivity contribution is 6.30. The van der Waals surface area contributed by atoms with Gasteiger partial charge >= 0.3 is 0 Å². The van der Waals surface area contributed by atoms with Gasteiger partial charge in [-0.3, -0.25) is 0 Å². The first-order valence-corrected chi connectivity index (χ1v) is 11.5. The number of benzene rings is 2. The zero-order valence-electron chi connectivity index (χ0n) is 16.9. The molecular weight excluding hydrogens is 348 g/mol. The summed E-state index contributed by atoms with van der Waals surface area (Å²) < 4.78 is 0. The third kappa shape index (κ3) is 6.68. The first kappa shape index (κ1) is 20.5. The van der Waals surface area contributed by atoms with Gasteiger partial charge in [0.25, 0.3) is 0 Å². The molecule has 3 rings (SSSR count). The second-order valence-electron chi connectivity index (χ2n) is 8.44. The number of rotatable bonds is 9. The number of hydrogen-bond acceptors (Lipinski definition) is 0. The van der Waals surface area contributed by atoms with Crippen molar-refractivity contribution in [3.63, 3.8) is 0 Å². The molecule has 2 aromatic rings. The van der Waals surface area contributed by atoms with E-state index in [2.05, 4.69) is 43.3 Å². The summed E-state index contributed by atoms with van der Waals surface area (Å²) in [5.41, 5.74) is 4.37. The number of halogens is 1. The van der Waals surface area contributed by atoms with Crippen molar-refractivity contribution in [2.75, 3.05) is 0 Å². The molecule has 1 fully saturated rings. The first-order valence-electron chi connectivity index (χ1n) is 11.1. The van der Waals surface area contributed by atoms with E-state index in [0.717, 1.165) is 29.7 Å². The van der Waals surface area contributed by atoms with E-state index in [1.807, 2.05) is 12.1 Å². The molecule has 0 radical (unpaired) electrons. The Morgan fingerprint density at radius 1 is 0.741 bits per heavy atom. The molecule has 0 saturated heterocycles. The van der Waals surface area contributed by atoms with Crippen molar-refractivity contribution in [1.82, 2.24) is 0 Å². The molecule has 1 aliphatic carbocycles. The van der Waals surface area contributed by atoms with Crippen molar-refractivity contribution in [2.45, 2.75) is 83.5 Å². The summed E-state index contributed by atoms with van der Waals surface area (Å²) in [6.07, 6.45) is 15.0. The van der Waals surface area contributed by atoms with Crippen LogP contribution in [-0.2, 0) is 12.8 Å². The van der Waals surface area contributed by atoms with Crippen LogP contribution in [0.5, 0.6) is 0 Å². The van der Waals surface area contributed by atoms with Crippen molar-refractivity contribution >= 4 is 11.6 Å². The van der Waals surface area contributed by atoms with Gasteiger partial charge < -0.3 is 0 Å². The minimum Gasteiger partial charge on any atom is -0.0843 e. The van der Waals surface area contributed by atoms with Gasteiger partial charge in [0.05, 0.1) is 0 Å². The van der Waals surface area contributed by atoms with Crippen molar-refractivity contribution in [2.24, 2.45) is 5.92 Å². The Morgan fingerprint density at radius 2 is 1.33 bits per heavy atom. The predicted molar refractivity (Wildman–Crippen MR) is 119 cm³/mol. The lowest BCUT2D eigenvalue weighted by atomic mass is 9.77. The Balaban J connectivity index is 1.42. The topological polar surface area (TPSA) is 0 Å². The van der Waals surface area contributed by atoms with Gasteiger partial charge in [0.1, 0.15) is 0 Å². The van der Waals surface area contributed by atoms with Crippen molar-refractivity contribution in [1.29, 1.82) is 0 Å². The Morgan fingerprint density at radius 3 is 1.93 bits per heavy atom.